The second-order valence-electron chi connectivity index (χ2n) is 5.74. The summed E-state index contributed by atoms with van der Waals surface area (Å²) in [5.74, 6) is 0.263. The second-order valence-corrected chi connectivity index (χ2v) is 7.25. The fraction of sp³-hybridized carbons (Fsp3) is 0.200. The second kappa shape index (κ2) is 8.68. The fourth-order valence-electron chi connectivity index (χ4n) is 2.91. The third-order valence-electron chi connectivity index (χ3n) is 4.15. The van der Waals surface area contributed by atoms with Crippen LogP contribution in [0.25, 0.3) is 5.57 Å². The van der Waals surface area contributed by atoms with Gasteiger partial charge in [0.05, 0.1) is 42.0 Å². The lowest BCUT2D eigenvalue weighted by atomic mass is 10.0. The summed E-state index contributed by atoms with van der Waals surface area (Å²) in [5.41, 5.74) is 1.10. The number of aliphatic hydroxyl groups excluding tert-OH is 1. The van der Waals surface area contributed by atoms with Crippen molar-refractivity contribution >= 4 is 46.4 Å². The van der Waals surface area contributed by atoms with Gasteiger partial charge in [-0.15, -0.1) is 11.8 Å². The van der Waals surface area contributed by atoms with Crippen LogP contribution in [-0.2, 0) is 9.59 Å². The molecule has 0 radical (unpaired) electrons. The third kappa shape index (κ3) is 3.61. The van der Waals surface area contributed by atoms with Crippen LogP contribution in [0.4, 0.5) is 5.69 Å². The summed E-state index contributed by atoms with van der Waals surface area (Å²) in [6.45, 7) is -0.122. The highest BCUT2D eigenvalue weighted by molar-refractivity contribution is 8.04. The van der Waals surface area contributed by atoms with Crippen LogP contribution in [0, 0.1) is 0 Å². The van der Waals surface area contributed by atoms with Crippen LogP contribution >= 0.6 is 23.4 Å². The summed E-state index contributed by atoms with van der Waals surface area (Å²) in [6.07, 6.45) is 0. The number of aliphatic hydroxyl groups is 1. The Labute approximate surface area is 171 Å². The van der Waals surface area contributed by atoms with Gasteiger partial charge < -0.3 is 14.6 Å². The number of anilines is 1. The predicted octanol–water partition coefficient (Wildman–Crippen LogP) is 3.37. The highest BCUT2D eigenvalue weighted by Gasteiger charge is 2.41. The standard InChI is InChI=1S/C20H18ClNO5S/c1-26-15-6-4-3-5-13(15)17-18(28-10-9-23)20(25)22(19(17)24)12-7-8-16(27-2)14(21)11-12/h3-8,11,23H,9-10H2,1-2H3. The van der Waals surface area contributed by atoms with Crippen molar-refractivity contribution in [3.05, 3.63) is 58.0 Å². The number of amides is 2. The molecule has 0 spiro atoms. The molecule has 0 aromatic heterocycles. The van der Waals surface area contributed by atoms with Crippen LogP contribution in [0.5, 0.6) is 11.5 Å². The third-order valence-corrected chi connectivity index (χ3v) is 5.50. The summed E-state index contributed by atoms with van der Waals surface area (Å²) in [4.78, 5) is 27.7. The quantitative estimate of drug-likeness (QED) is 0.693. The molecule has 1 aliphatic rings. The van der Waals surface area contributed by atoms with Gasteiger partial charge in [0.1, 0.15) is 11.5 Å². The van der Waals surface area contributed by atoms with E-state index in [0.717, 1.165) is 16.7 Å². The molecule has 2 aromatic rings. The molecule has 6 nitrogen and oxygen atoms in total. The van der Waals surface area contributed by atoms with Gasteiger partial charge in [-0.3, -0.25) is 9.59 Å². The summed E-state index contributed by atoms with van der Waals surface area (Å²) < 4.78 is 10.5. The molecule has 2 aromatic carbocycles. The minimum Gasteiger partial charge on any atom is -0.496 e. The highest BCUT2D eigenvalue weighted by atomic mass is 35.5. The normalized spacial score (nSPS) is 14.1. The molecule has 0 unspecified atom stereocenters. The van der Waals surface area contributed by atoms with E-state index in [2.05, 4.69) is 0 Å². The molecule has 0 saturated heterocycles. The highest BCUT2D eigenvalue weighted by Crippen LogP contribution is 2.42. The zero-order valence-corrected chi connectivity index (χ0v) is 16.8. The number of para-hydroxylation sites is 1. The average Bonchev–Trinajstić information content (AvgIpc) is 2.95. The SMILES string of the molecule is COc1ccc(N2C(=O)C(SCCO)=C(c3ccccc3OC)C2=O)cc1Cl. The Morgan fingerprint density at radius 1 is 1.04 bits per heavy atom. The van der Waals surface area contributed by atoms with E-state index in [9.17, 15) is 14.7 Å². The first-order valence-electron chi connectivity index (χ1n) is 8.37. The Hall–Kier alpha value is -2.48. The molecule has 0 aliphatic carbocycles. The van der Waals surface area contributed by atoms with E-state index < -0.39 is 11.8 Å². The van der Waals surface area contributed by atoms with Gasteiger partial charge in [-0.25, -0.2) is 4.90 Å². The Kier molecular flexibility index (Phi) is 6.28. The monoisotopic (exact) mass is 419 g/mol. The molecule has 0 saturated carbocycles. The first-order chi connectivity index (χ1) is 13.5. The molecule has 0 atom stereocenters. The lowest BCUT2D eigenvalue weighted by Gasteiger charge is -2.16. The Morgan fingerprint density at radius 3 is 2.39 bits per heavy atom. The van der Waals surface area contributed by atoms with Gasteiger partial charge >= 0.3 is 0 Å². The van der Waals surface area contributed by atoms with Crippen molar-refractivity contribution in [1.82, 2.24) is 0 Å². The van der Waals surface area contributed by atoms with Gasteiger partial charge in [-0.05, 0) is 24.3 Å². The number of imide groups is 1. The fourth-order valence-corrected chi connectivity index (χ4v) is 4.01. The van der Waals surface area contributed by atoms with E-state index in [-0.39, 0.29) is 27.9 Å². The zero-order chi connectivity index (χ0) is 20.3. The minimum atomic E-state index is -0.476. The van der Waals surface area contributed by atoms with Crippen molar-refractivity contribution in [3.8, 4) is 11.5 Å². The van der Waals surface area contributed by atoms with Gasteiger partial charge in [0.2, 0.25) is 0 Å². The number of hydrogen-bond donors (Lipinski definition) is 1. The molecule has 1 aliphatic heterocycles. The van der Waals surface area contributed by atoms with Crippen molar-refractivity contribution in [2.75, 3.05) is 31.5 Å². The van der Waals surface area contributed by atoms with Crippen LogP contribution in [-0.4, -0.2) is 43.5 Å². The van der Waals surface area contributed by atoms with Crippen molar-refractivity contribution in [2.24, 2.45) is 0 Å². The van der Waals surface area contributed by atoms with Gasteiger partial charge in [0, 0.05) is 11.3 Å². The summed E-state index contributed by atoms with van der Waals surface area (Å²) >= 11 is 7.31. The molecule has 3 rings (SSSR count). The molecular formula is C20H18ClNO5S. The lowest BCUT2D eigenvalue weighted by molar-refractivity contribution is -0.119. The molecule has 146 valence electrons. The van der Waals surface area contributed by atoms with E-state index in [1.54, 1.807) is 36.4 Å². The molecule has 0 fully saturated rings. The van der Waals surface area contributed by atoms with E-state index in [1.165, 1.54) is 20.3 Å². The zero-order valence-electron chi connectivity index (χ0n) is 15.3. The number of hydrogen-bond acceptors (Lipinski definition) is 6. The summed E-state index contributed by atoms with van der Waals surface area (Å²) in [7, 11) is 2.99. The molecule has 28 heavy (non-hydrogen) atoms. The maximum Gasteiger partial charge on any atom is 0.272 e. The topological polar surface area (TPSA) is 76.1 Å². The van der Waals surface area contributed by atoms with Crippen LogP contribution in [0.1, 0.15) is 5.56 Å². The van der Waals surface area contributed by atoms with Gasteiger partial charge in [-0.2, -0.15) is 0 Å². The van der Waals surface area contributed by atoms with E-state index >= 15 is 0 Å². The van der Waals surface area contributed by atoms with Gasteiger partial charge in [0.15, 0.2) is 0 Å². The Balaban J connectivity index is 2.11. The maximum absolute atomic E-state index is 13.3. The number of thioether (sulfide) groups is 1. The van der Waals surface area contributed by atoms with Gasteiger partial charge in [0.25, 0.3) is 11.8 Å². The smallest absolute Gasteiger partial charge is 0.272 e. The van der Waals surface area contributed by atoms with Crippen molar-refractivity contribution in [1.29, 1.82) is 0 Å². The van der Waals surface area contributed by atoms with Crippen molar-refractivity contribution < 1.29 is 24.2 Å². The van der Waals surface area contributed by atoms with Crippen molar-refractivity contribution in [2.45, 2.75) is 0 Å². The first-order valence-corrected chi connectivity index (χ1v) is 9.73. The summed E-state index contributed by atoms with van der Waals surface area (Å²) in [5, 5.41) is 9.49. The average molecular weight is 420 g/mol. The van der Waals surface area contributed by atoms with Crippen LogP contribution in [0.15, 0.2) is 47.4 Å². The number of benzene rings is 2. The summed E-state index contributed by atoms with van der Waals surface area (Å²) in [6, 6.07) is 11.7. The molecule has 2 amide bonds. The Bertz CT molecular complexity index is 959. The molecule has 1 heterocycles. The van der Waals surface area contributed by atoms with Crippen LogP contribution < -0.4 is 14.4 Å². The molecule has 1 N–H and O–H groups in total. The predicted molar refractivity (Wildman–Crippen MR) is 110 cm³/mol. The maximum atomic E-state index is 13.3. The van der Waals surface area contributed by atoms with Crippen LogP contribution in [0.3, 0.4) is 0 Å². The van der Waals surface area contributed by atoms with E-state index in [0.29, 0.717) is 22.7 Å². The van der Waals surface area contributed by atoms with Crippen molar-refractivity contribution in [3.63, 3.8) is 0 Å². The van der Waals surface area contributed by atoms with Gasteiger partial charge in [-0.1, -0.05) is 29.8 Å². The first kappa shape index (κ1) is 20.3. The molecule has 0 bridgehead atoms. The number of methoxy groups -OCH3 is 2. The molecular weight excluding hydrogens is 402 g/mol. The van der Waals surface area contributed by atoms with E-state index in [1.807, 2.05) is 0 Å². The minimum absolute atomic E-state index is 0.122. The number of carbonyl (C=O) groups excluding carboxylic acids is 2. The lowest BCUT2D eigenvalue weighted by Crippen LogP contribution is -2.31. The number of ether oxygens (including phenoxy) is 2. The van der Waals surface area contributed by atoms with Crippen LogP contribution in [0.2, 0.25) is 5.02 Å². The number of rotatable bonds is 7. The number of carbonyl (C=O) groups is 2. The molecule has 8 heteroatoms. The number of halogens is 1. The number of nitrogens with zero attached hydrogens (tertiary/aromatic N) is 1. The van der Waals surface area contributed by atoms with E-state index in [4.69, 9.17) is 21.1 Å². The Morgan fingerprint density at radius 2 is 1.75 bits per heavy atom. The largest absolute Gasteiger partial charge is 0.496 e.